The molecule has 5 rings (SSSR count). The first-order valence-electron chi connectivity index (χ1n) is 12.7. The third-order valence-corrected chi connectivity index (χ3v) is 7.57. The van der Waals surface area contributed by atoms with Crippen LogP contribution < -0.4 is 11.0 Å². The van der Waals surface area contributed by atoms with Gasteiger partial charge in [-0.15, -0.1) is 0 Å². The van der Waals surface area contributed by atoms with Crippen LogP contribution in [0.1, 0.15) is 57.7 Å². The summed E-state index contributed by atoms with van der Waals surface area (Å²) in [5.74, 6) is -0.843. The van der Waals surface area contributed by atoms with E-state index in [2.05, 4.69) is 10.3 Å². The summed E-state index contributed by atoms with van der Waals surface area (Å²) >= 11 is 6.02. The fourth-order valence-corrected chi connectivity index (χ4v) is 5.49. The number of carbonyl (C=O) groups is 2. The summed E-state index contributed by atoms with van der Waals surface area (Å²) in [5.41, 5.74) is 3.68. The number of nitrogens with zero attached hydrogens (tertiary/aromatic N) is 3. The van der Waals surface area contributed by atoms with Crippen molar-refractivity contribution in [2.24, 2.45) is 5.92 Å². The quantitative estimate of drug-likeness (QED) is 0.352. The number of carboxylic acid groups (broad SMARTS) is 1. The first kappa shape index (κ1) is 25.7. The molecule has 0 aliphatic heterocycles. The number of carbonyl (C=O) groups excluding carboxylic acids is 1. The minimum atomic E-state index is -0.993. The van der Waals surface area contributed by atoms with E-state index in [1.807, 2.05) is 34.9 Å². The molecule has 0 saturated heterocycles. The minimum Gasteiger partial charge on any atom is -0.478 e. The average molecular weight is 533 g/mol. The number of para-hydroxylation sites is 2. The fraction of sp³-hybridized carbons (Fsp3) is 0.310. The molecule has 2 aromatic carbocycles. The molecule has 4 aromatic rings. The topological polar surface area (TPSA) is 106 Å². The molecule has 0 atom stereocenters. The first-order valence-corrected chi connectivity index (χ1v) is 13.1. The summed E-state index contributed by atoms with van der Waals surface area (Å²) in [4.78, 5) is 41.9. The zero-order chi connectivity index (χ0) is 26.8. The number of hydrogen-bond donors (Lipinski definition) is 2. The number of fused-ring (bicyclic) bond motifs is 1. The minimum absolute atomic E-state index is 0.0664. The van der Waals surface area contributed by atoms with E-state index in [-0.39, 0.29) is 23.2 Å². The second-order valence-electron chi connectivity index (χ2n) is 9.95. The van der Waals surface area contributed by atoms with Gasteiger partial charge >= 0.3 is 11.7 Å². The van der Waals surface area contributed by atoms with Gasteiger partial charge in [0.15, 0.2) is 0 Å². The van der Waals surface area contributed by atoms with Crippen LogP contribution in [-0.4, -0.2) is 37.1 Å². The van der Waals surface area contributed by atoms with Crippen molar-refractivity contribution in [2.75, 3.05) is 0 Å². The van der Waals surface area contributed by atoms with Gasteiger partial charge in [0.1, 0.15) is 0 Å². The Morgan fingerprint density at radius 1 is 1.03 bits per heavy atom. The maximum absolute atomic E-state index is 13.5. The van der Waals surface area contributed by atoms with Crippen molar-refractivity contribution < 1.29 is 14.7 Å². The number of hydrogen-bond acceptors (Lipinski definition) is 4. The van der Waals surface area contributed by atoms with E-state index in [1.54, 1.807) is 35.8 Å². The van der Waals surface area contributed by atoms with Gasteiger partial charge in [0.2, 0.25) is 0 Å². The predicted octanol–water partition coefficient (Wildman–Crippen LogP) is 4.90. The molecule has 2 N–H and O–H groups in total. The van der Waals surface area contributed by atoms with Gasteiger partial charge in [0, 0.05) is 18.8 Å². The van der Waals surface area contributed by atoms with Crippen LogP contribution in [0.25, 0.3) is 11.0 Å². The second kappa shape index (κ2) is 10.8. The molecule has 1 aliphatic carbocycles. The lowest BCUT2D eigenvalue weighted by Crippen LogP contribution is -2.39. The molecule has 1 aliphatic rings. The van der Waals surface area contributed by atoms with Gasteiger partial charge in [-0.05, 0) is 74.4 Å². The number of amides is 1. The van der Waals surface area contributed by atoms with Crippen LogP contribution in [0, 0.1) is 12.8 Å². The largest absolute Gasteiger partial charge is 0.478 e. The molecule has 38 heavy (non-hydrogen) atoms. The van der Waals surface area contributed by atoms with E-state index >= 15 is 0 Å². The standard InChI is InChI=1S/C29H29ClN4O4/c1-18-24(14-22(30)15-31-18)27(35)32-23-11-9-19(10-12-23)16-33-25-7-2-3-8-26(25)34(29(33)38)17-20-5-4-6-21(13-20)28(36)37/h2-8,13-15,19,23H,9-12,16-17H2,1H3,(H,32,35)(H,36,37). The molecule has 0 radical (unpaired) electrons. The molecule has 9 heteroatoms. The smallest absolute Gasteiger partial charge is 0.335 e. The van der Waals surface area contributed by atoms with Gasteiger partial charge in [-0.25, -0.2) is 9.59 Å². The highest BCUT2D eigenvalue weighted by molar-refractivity contribution is 6.30. The van der Waals surface area contributed by atoms with Crippen LogP contribution in [0.5, 0.6) is 0 Å². The van der Waals surface area contributed by atoms with E-state index in [4.69, 9.17) is 11.6 Å². The molecule has 2 aromatic heterocycles. The fourth-order valence-electron chi connectivity index (χ4n) is 5.34. The first-order chi connectivity index (χ1) is 18.3. The second-order valence-corrected chi connectivity index (χ2v) is 10.4. The monoisotopic (exact) mass is 532 g/mol. The summed E-state index contributed by atoms with van der Waals surface area (Å²) < 4.78 is 3.55. The summed E-state index contributed by atoms with van der Waals surface area (Å²) in [7, 11) is 0. The summed E-state index contributed by atoms with van der Waals surface area (Å²) in [6, 6.07) is 16.1. The maximum atomic E-state index is 13.5. The summed E-state index contributed by atoms with van der Waals surface area (Å²) in [5, 5.41) is 12.9. The van der Waals surface area contributed by atoms with Gasteiger partial charge in [-0.2, -0.15) is 0 Å². The number of nitrogens with one attached hydrogen (secondary N) is 1. The molecule has 0 spiro atoms. The molecule has 2 heterocycles. The number of pyridine rings is 1. The van der Waals surface area contributed by atoms with Gasteiger partial charge in [0.25, 0.3) is 5.91 Å². The summed E-state index contributed by atoms with van der Waals surface area (Å²) in [6.45, 7) is 2.68. The van der Waals surface area contributed by atoms with Crippen molar-refractivity contribution in [1.82, 2.24) is 19.4 Å². The van der Waals surface area contributed by atoms with Crippen LogP contribution in [0.3, 0.4) is 0 Å². The predicted molar refractivity (Wildman–Crippen MR) is 146 cm³/mol. The number of imidazole rings is 1. The maximum Gasteiger partial charge on any atom is 0.335 e. The lowest BCUT2D eigenvalue weighted by Gasteiger charge is -2.29. The van der Waals surface area contributed by atoms with Crippen molar-refractivity contribution >= 4 is 34.5 Å². The Labute approximate surface area is 224 Å². The van der Waals surface area contributed by atoms with Crippen molar-refractivity contribution in [2.45, 2.75) is 51.7 Å². The van der Waals surface area contributed by atoms with Crippen molar-refractivity contribution in [3.05, 3.63) is 98.7 Å². The van der Waals surface area contributed by atoms with Crippen molar-refractivity contribution in [1.29, 1.82) is 0 Å². The van der Waals surface area contributed by atoms with Crippen molar-refractivity contribution in [3.63, 3.8) is 0 Å². The zero-order valence-electron chi connectivity index (χ0n) is 21.1. The van der Waals surface area contributed by atoms with Crippen LogP contribution in [0.4, 0.5) is 0 Å². The van der Waals surface area contributed by atoms with E-state index < -0.39 is 5.97 Å². The molecule has 0 bridgehead atoms. The Morgan fingerprint density at radius 3 is 2.45 bits per heavy atom. The van der Waals surface area contributed by atoms with Crippen molar-refractivity contribution in [3.8, 4) is 0 Å². The molecular weight excluding hydrogens is 504 g/mol. The Morgan fingerprint density at radius 2 is 1.74 bits per heavy atom. The highest BCUT2D eigenvalue weighted by Gasteiger charge is 2.25. The van der Waals surface area contributed by atoms with E-state index in [0.29, 0.717) is 35.3 Å². The number of aryl methyl sites for hydroxylation is 1. The molecule has 0 unspecified atom stereocenters. The zero-order valence-corrected chi connectivity index (χ0v) is 21.8. The van der Waals surface area contributed by atoms with E-state index in [9.17, 15) is 19.5 Å². The third kappa shape index (κ3) is 5.36. The van der Waals surface area contributed by atoms with Crippen LogP contribution in [-0.2, 0) is 13.1 Å². The Hall–Kier alpha value is -3.91. The van der Waals surface area contributed by atoms with Crippen LogP contribution >= 0.6 is 11.6 Å². The van der Waals surface area contributed by atoms with Gasteiger partial charge in [-0.3, -0.25) is 18.9 Å². The van der Waals surface area contributed by atoms with Gasteiger partial charge < -0.3 is 10.4 Å². The lowest BCUT2D eigenvalue weighted by atomic mass is 9.85. The summed E-state index contributed by atoms with van der Waals surface area (Å²) in [6.07, 6.45) is 4.98. The van der Waals surface area contributed by atoms with Crippen LogP contribution in [0.15, 0.2) is 65.6 Å². The Bertz CT molecular complexity index is 1570. The number of halogens is 1. The van der Waals surface area contributed by atoms with E-state index in [1.165, 1.54) is 6.20 Å². The molecule has 1 saturated carbocycles. The number of benzene rings is 2. The Kier molecular flexibility index (Phi) is 7.33. The van der Waals surface area contributed by atoms with E-state index in [0.717, 1.165) is 42.3 Å². The number of aromatic carboxylic acids is 1. The molecule has 1 fully saturated rings. The highest BCUT2D eigenvalue weighted by atomic mass is 35.5. The average Bonchev–Trinajstić information content (AvgIpc) is 3.17. The lowest BCUT2D eigenvalue weighted by molar-refractivity contribution is 0.0696. The third-order valence-electron chi connectivity index (χ3n) is 7.36. The molecule has 196 valence electrons. The Balaban J connectivity index is 1.29. The number of rotatable bonds is 7. The molecule has 8 nitrogen and oxygen atoms in total. The number of carboxylic acids is 1. The number of aromatic nitrogens is 3. The SMILES string of the molecule is Cc1ncc(Cl)cc1C(=O)NC1CCC(Cn2c(=O)n(Cc3cccc(C(=O)O)c3)c3ccccc32)CC1. The molecule has 1 amide bonds. The van der Waals surface area contributed by atoms with Gasteiger partial charge in [0.05, 0.1) is 39.4 Å². The normalized spacial score (nSPS) is 17.4. The molecular formula is C29H29ClN4O4. The van der Waals surface area contributed by atoms with Crippen LogP contribution in [0.2, 0.25) is 5.02 Å². The highest BCUT2D eigenvalue weighted by Crippen LogP contribution is 2.27. The van der Waals surface area contributed by atoms with Gasteiger partial charge in [-0.1, -0.05) is 35.9 Å².